The van der Waals surface area contributed by atoms with Crippen LogP contribution in [0.15, 0.2) is 58.5 Å². The van der Waals surface area contributed by atoms with Gasteiger partial charge in [-0.05, 0) is 40.2 Å². The Kier molecular flexibility index (Phi) is 4.08. The molecule has 4 nitrogen and oxygen atoms in total. The van der Waals surface area contributed by atoms with E-state index in [1.54, 1.807) is 11.6 Å². The Morgan fingerprint density at radius 3 is 2.71 bits per heavy atom. The van der Waals surface area contributed by atoms with Crippen molar-refractivity contribution in [1.82, 2.24) is 9.97 Å². The first-order valence-corrected chi connectivity index (χ1v) is 7.84. The smallest absolute Gasteiger partial charge is 0.275 e. The highest BCUT2D eigenvalue weighted by Gasteiger charge is 2.13. The topological polar surface area (TPSA) is 54.9 Å². The zero-order valence-electron chi connectivity index (χ0n) is 10.8. The van der Waals surface area contributed by atoms with E-state index in [0.717, 1.165) is 20.9 Å². The number of anilines is 1. The molecule has 0 saturated carbocycles. The zero-order valence-corrected chi connectivity index (χ0v) is 13.2. The number of rotatable bonds is 3. The molecule has 2 aromatic heterocycles. The second-order valence-corrected chi connectivity index (χ2v) is 5.90. The number of carbonyl (C=O) groups is 1. The number of pyridine rings is 1. The van der Waals surface area contributed by atoms with Crippen molar-refractivity contribution in [3.05, 3.63) is 64.2 Å². The van der Waals surface area contributed by atoms with Gasteiger partial charge in [0.15, 0.2) is 0 Å². The van der Waals surface area contributed by atoms with Gasteiger partial charge in [-0.15, -0.1) is 11.3 Å². The van der Waals surface area contributed by atoms with E-state index < -0.39 is 0 Å². The van der Waals surface area contributed by atoms with Crippen LogP contribution in [0.3, 0.4) is 0 Å². The molecule has 104 valence electrons. The maximum absolute atomic E-state index is 12.2. The molecule has 3 rings (SSSR count). The average molecular weight is 360 g/mol. The molecule has 0 bridgehead atoms. The van der Waals surface area contributed by atoms with Gasteiger partial charge in [-0.2, -0.15) is 0 Å². The SMILES string of the molecule is O=C(Nc1ccccc1Br)c1csc(-c2ccccn2)n1. The van der Waals surface area contributed by atoms with Crippen LogP contribution in [-0.4, -0.2) is 15.9 Å². The second-order valence-electron chi connectivity index (χ2n) is 4.19. The lowest BCUT2D eigenvalue weighted by molar-refractivity contribution is 0.102. The van der Waals surface area contributed by atoms with Gasteiger partial charge in [0.2, 0.25) is 0 Å². The summed E-state index contributed by atoms with van der Waals surface area (Å²) in [6.07, 6.45) is 1.71. The normalized spacial score (nSPS) is 10.3. The number of halogens is 1. The number of hydrogen-bond acceptors (Lipinski definition) is 4. The minimum absolute atomic E-state index is 0.236. The van der Waals surface area contributed by atoms with Gasteiger partial charge in [0, 0.05) is 16.0 Å². The van der Waals surface area contributed by atoms with E-state index in [-0.39, 0.29) is 5.91 Å². The van der Waals surface area contributed by atoms with Crippen LogP contribution in [0.25, 0.3) is 10.7 Å². The third-order valence-corrected chi connectivity index (χ3v) is 4.30. The Hall–Kier alpha value is -2.05. The van der Waals surface area contributed by atoms with Crippen molar-refractivity contribution in [2.24, 2.45) is 0 Å². The number of para-hydroxylation sites is 1. The van der Waals surface area contributed by atoms with E-state index in [2.05, 4.69) is 31.2 Å². The Morgan fingerprint density at radius 1 is 1.14 bits per heavy atom. The number of benzene rings is 1. The van der Waals surface area contributed by atoms with Crippen molar-refractivity contribution >= 4 is 38.9 Å². The summed E-state index contributed by atoms with van der Waals surface area (Å²) in [5.74, 6) is -0.236. The van der Waals surface area contributed by atoms with Gasteiger partial charge in [-0.1, -0.05) is 18.2 Å². The molecule has 1 aromatic carbocycles. The molecule has 3 aromatic rings. The monoisotopic (exact) mass is 359 g/mol. The molecule has 0 aliphatic heterocycles. The fourth-order valence-electron chi connectivity index (χ4n) is 1.73. The lowest BCUT2D eigenvalue weighted by atomic mass is 10.3. The summed E-state index contributed by atoms with van der Waals surface area (Å²) >= 11 is 4.80. The van der Waals surface area contributed by atoms with Gasteiger partial charge in [0.05, 0.1) is 11.4 Å². The van der Waals surface area contributed by atoms with Crippen molar-refractivity contribution < 1.29 is 4.79 Å². The molecular formula is C15H10BrN3OS. The first kappa shape index (κ1) is 13.9. The highest BCUT2D eigenvalue weighted by molar-refractivity contribution is 9.10. The first-order chi connectivity index (χ1) is 10.2. The van der Waals surface area contributed by atoms with Crippen LogP contribution in [0.2, 0.25) is 0 Å². The summed E-state index contributed by atoms with van der Waals surface area (Å²) in [5.41, 5.74) is 1.87. The highest BCUT2D eigenvalue weighted by atomic mass is 79.9. The van der Waals surface area contributed by atoms with Crippen LogP contribution in [0, 0.1) is 0 Å². The quantitative estimate of drug-likeness (QED) is 0.761. The lowest BCUT2D eigenvalue weighted by Gasteiger charge is -2.04. The summed E-state index contributed by atoms with van der Waals surface area (Å²) in [4.78, 5) is 20.8. The van der Waals surface area contributed by atoms with E-state index >= 15 is 0 Å². The summed E-state index contributed by atoms with van der Waals surface area (Å²) in [6, 6.07) is 13.1. The molecule has 0 aliphatic carbocycles. The van der Waals surface area contributed by atoms with Crippen molar-refractivity contribution in [1.29, 1.82) is 0 Å². The van der Waals surface area contributed by atoms with Crippen molar-refractivity contribution in [3.8, 4) is 10.7 Å². The number of aromatic nitrogens is 2. The maximum Gasteiger partial charge on any atom is 0.275 e. The zero-order chi connectivity index (χ0) is 14.7. The molecule has 0 atom stereocenters. The van der Waals surface area contributed by atoms with E-state index in [4.69, 9.17) is 0 Å². The number of nitrogens with zero attached hydrogens (tertiary/aromatic N) is 2. The molecule has 21 heavy (non-hydrogen) atoms. The number of nitrogens with one attached hydrogen (secondary N) is 1. The Morgan fingerprint density at radius 2 is 1.95 bits per heavy atom. The molecular weight excluding hydrogens is 350 g/mol. The minimum atomic E-state index is -0.236. The van der Waals surface area contributed by atoms with Gasteiger partial charge in [0.25, 0.3) is 5.91 Å². The largest absolute Gasteiger partial charge is 0.320 e. The second kappa shape index (κ2) is 6.15. The van der Waals surface area contributed by atoms with E-state index in [1.165, 1.54) is 11.3 Å². The molecule has 1 N–H and O–H groups in total. The van der Waals surface area contributed by atoms with Gasteiger partial charge in [-0.3, -0.25) is 9.78 Å². The molecule has 1 amide bonds. The summed E-state index contributed by atoms with van der Waals surface area (Å²) in [6.45, 7) is 0. The van der Waals surface area contributed by atoms with Crippen molar-refractivity contribution in [3.63, 3.8) is 0 Å². The Balaban J connectivity index is 1.80. The average Bonchev–Trinajstić information content (AvgIpc) is 3.00. The number of hydrogen-bond donors (Lipinski definition) is 1. The fourth-order valence-corrected chi connectivity index (χ4v) is 2.89. The third kappa shape index (κ3) is 3.17. The maximum atomic E-state index is 12.2. The molecule has 0 unspecified atom stereocenters. The van der Waals surface area contributed by atoms with E-state index in [0.29, 0.717) is 5.69 Å². The predicted octanol–water partition coefficient (Wildman–Crippen LogP) is 4.22. The molecule has 0 fully saturated rings. The molecule has 0 aliphatic rings. The Bertz CT molecular complexity index is 773. The van der Waals surface area contributed by atoms with Crippen LogP contribution >= 0.6 is 27.3 Å². The van der Waals surface area contributed by atoms with Crippen LogP contribution < -0.4 is 5.32 Å². The molecule has 6 heteroatoms. The predicted molar refractivity (Wildman–Crippen MR) is 87.4 cm³/mol. The van der Waals surface area contributed by atoms with Crippen molar-refractivity contribution in [2.45, 2.75) is 0 Å². The minimum Gasteiger partial charge on any atom is -0.320 e. The van der Waals surface area contributed by atoms with Crippen LogP contribution in [0.5, 0.6) is 0 Å². The summed E-state index contributed by atoms with van der Waals surface area (Å²) < 4.78 is 0.832. The summed E-state index contributed by atoms with van der Waals surface area (Å²) in [7, 11) is 0. The van der Waals surface area contributed by atoms with E-state index in [9.17, 15) is 4.79 Å². The van der Waals surface area contributed by atoms with Crippen LogP contribution in [0.4, 0.5) is 5.69 Å². The number of amides is 1. The number of thiazole rings is 1. The van der Waals surface area contributed by atoms with Gasteiger partial charge in [-0.25, -0.2) is 4.98 Å². The molecule has 0 saturated heterocycles. The molecule has 0 spiro atoms. The van der Waals surface area contributed by atoms with Gasteiger partial charge in [0.1, 0.15) is 10.7 Å². The molecule has 0 radical (unpaired) electrons. The third-order valence-electron chi connectivity index (χ3n) is 2.74. The highest BCUT2D eigenvalue weighted by Crippen LogP contribution is 2.24. The number of carbonyl (C=O) groups excluding carboxylic acids is 1. The summed E-state index contributed by atoms with van der Waals surface area (Å²) in [5, 5.41) is 5.29. The lowest BCUT2D eigenvalue weighted by Crippen LogP contribution is -2.12. The fraction of sp³-hybridized carbons (Fsp3) is 0. The molecule has 2 heterocycles. The van der Waals surface area contributed by atoms with Crippen LogP contribution in [0.1, 0.15) is 10.5 Å². The van der Waals surface area contributed by atoms with E-state index in [1.807, 2.05) is 42.5 Å². The Labute approximate surface area is 134 Å². The van der Waals surface area contributed by atoms with Crippen LogP contribution in [-0.2, 0) is 0 Å². The first-order valence-electron chi connectivity index (χ1n) is 6.17. The van der Waals surface area contributed by atoms with Gasteiger partial charge >= 0.3 is 0 Å². The van der Waals surface area contributed by atoms with Crippen molar-refractivity contribution in [2.75, 3.05) is 5.32 Å². The van der Waals surface area contributed by atoms with Gasteiger partial charge < -0.3 is 5.32 Å². The standard InChI is InChI=1S/C15H10BrN3OS/c16-10-5-1-2-6-11(10)18-14(20)13-9-21-15(19-13)12-7-3-4-8-17-12/h1-9H,(H,18,20).